The fourth-order valence-corrected chi connectivity index (χ4v) is 1.49. The Hall–Kier alpha value is -1.47. The third-order valence-corrected chi connectivity index (χ3v) is 2.41. The monoisotopic (exact) mass is 293 g/mol. The van der Waals surface area contributed by atoms with Crippen LogP contribution in [0.4, 0.5) is 18.9 Å². The molecule has 0 amide bonds. The number of halogens is 3. The van der Waals surface area contributed by atoms with Crippen LogP contribution >= 0.6 is 0 Å². The van der Waals surface area contributed by atoms with Crippen LogP contribution in [0.5, 0.6) is 5.75 Å². The molecule has 114 valence electrons. The van der Waals surface area contributed by atoms with Crippen LogP contribution < -0.4 is 10.1 Å². The predicted octanol–water partition coefficient (Wildman–Crippen LogP) is 2.26. The summed E-state index contributed by atoms with van der Waals surface area (Å²) in [7, 11) is 0. The molecule has 1 aromatic carbocycles. The molecule has 0 aromatic heterocycles. The van der Waals surface area contributed by atoms with E-state index in [2.05, 4.69) is 5.32 Å². The van der Waals surface area contributed by atoms with Crippen molar-refractivity contribution in [3.63, 3.8) is 0 Å². The van der Waals surface area contributed by atoms with Gasteiger partial charge in [-0.15, -0.1) is 0 Å². The van der Waals surface area contributed by atoms with Gasteiger partial charge in [-0.05, 0) is 32.0 Å². The largest absolute Gasteiger partial charge is 0.489 e. The molecule has 1 aromatic rings. The van der Waals surface area contributed by atoms with Gasteiger partial charge in [0.05, 0.1) is 30.1 Å². The molecule has 0 spiro atoms. The number of hydrogen-bond donors (Lipinski definition) is 3. The van der Waals surface area contributed by atoms with Crippen LogP contribution in [0.3, 0.4) is 0 Å². The molecule has 0 fully saturated rings. The zero-order valence-electron chi connectivity index (χ0n) is 11.2. The Morgan fingerprint density at radius 1 is 1.30 bits per heavy atom. The summed E-state index contributed by atoms with van der Waals surface area (Å²) < 4.78 is 43.4. The maximum atomic E-state index is 12.7. The molecule has 0 aliphatic rings. The Labute approximate surface area is 115 Å². The number of benzene rings is 1. The number of nitrogens with one attached hydrogen (secondary N) is 1. The first kappa shape index (κ1) is 16.6. The lowest BCUT2D eigenvalue weighted by molar-refractivity contribution is -0.137. The van der Waals surface area contributed by atoms with Gasteiger partial charge in [-0.25, -0.2) is 0 Å². The van der Waals surface area contributed by atoms with Crippen molar-refractivity contribution in [2.75, 3.05) is 18.5 Å². The van der Waals surface area contributed by atoms with Crippen molar-refractivity contribution in [1.82, 2.24) is 0 Å². The minimum absolute atomic E-state index is 0.0771. The Bertz CT molecular complexity index is 435. The van der Waals surface area contributed by atoms with Crippen LogP contribution in [0.25, 0.3) is 0 Å². The summed E-state index contributed by atoms with van der Waals surface area (Å²) >= 11 is 0. The second kappa shape index (κ2) is 6.81. The fraction of sp³-hybridized carbons (Fsp3) is 0.538. The topological polar surface area (TPSA) is 61.7 Å². The molecule has 3 N–H and O–H groups in total. The standard InChI is InChI=1S/C13H18F3NO3/c1-8(2)20-12-4-3-9(13(14,15)16)5-11(12)17-6-10(19)7-18/h3-5,8,10,17-19H,6-7H2,1-2H3. The molecule has 0 saturated heterocycles. The Morgan fingerprint density at radius 3 is 2.45 bits per heavy atom. The van der Waals surface area contributed by atoms with Gasteiger partial charge in [0.15, 0.2) is 0 Å². The van der Waals surface area contributed by atoms with Gasteiger partial charge in [-0.3, -0.25) is 0 Å². The van der Waals surface area contributed by atoms with Crippen molar-refractivity contribution >= 4 is 5.69 Å². The van der Waals surface area contributed by atoms with Crippen LogP contribution in [0, 0.1) is 0 Å². The molecule has 0 heterocycles. The second-order valence-electron chi connectivity index (χ2n) is 4.59. The van der Waals surface area contributed by atoms with Gasteiger partial charge in [0.1, 0.15) is 5.75 Å². The maximum absolute atomic E-state index is 12.7. The molecule has 0 aliphatic carbocycles. The van der Waals surface area contributed by atoms with Crippen molar-refractivity contribution in [3.8, 4) is 5.75 Å². The van der Waals surface area contributed by atoms with Gasteiger partial charge in [0.2, 0.25) is 0 Å². The Morgan fingerprint density at radius 2 is 1.95 bits per heavy atom. The Balaban J connectivity index is 3.00. The summed E-state index contributed by atoms with van der Waals surface area (Å²) in [6.45, 7) is 2.95. The SMILES string of the molecule is CC(C)Oc1ccc(C(F)(F)F)cc1NCC(O)CO. The average molecular weight is 293 g/mol. The number of rotatable bonds is 6. The van der Waals surface area contributed by atoms with Gasteiger partial charge in [-0.2, -0.15) is 13.2 Å². The minimum atomic E-state index is -4.46. The van der Waals surface area contributed by atoms with Gasteiger partial charge in [0.25, 0.3) is 0 Å². The van der Waals surface area contributed by atoms with E-state index in [1.807, 2.05) is 0 Å². The lowest BCUT2D eigenvalue weighted by Gasteiger charge is -2.18. The van der Waals surface area contributed by atoms with E-state index in [-0.39, 0.29) is 24.1 Å². The molecule has 0 bridgehead atoms. The van der Waals surface area contributed by atoms with Crippen LogP contribution in [0.2, 0.25) is 0 Å². The van der Waals surface area contributed by atoms with Crippen LogP contribution in [0.15, 0.2) is 18.2 Å². The molecule has 20 heavy (non-hydrogen) atoms. The Kier molecular flexibility index (Phi) is 5.64. The highest BCUT2D eigenvalue weighted by molar-refractivity contribution is 5.58. The van der Waals surface area contributed by atoms with E-state index in [0.717, 1.165) is 12.1 Å². The molecule has 0 saturated carbocycles. The van der Waals surface area contributed by atoms with Gasteiger partial charge in [0, 0.05) is 6.54 Å². The van der Waals surface area contributed by atoms with Gasteiger partial charge >= 0.3 is 6.18 Å². The van der Waals surface area contributed by atoms with E-state index in [4.69, 9.17) is 9.84 Å². The van der Waals surface area contributed by atoms with Crippen LogP contribution in [0.1, 0.15) is 19.4 Å². The smallest absolute Gasteiger partial charge is 0.416 e. The maximum Gasteiger partial charge on any atom is 0.416 e. The number of ether oxygens (including phenoxy) is 1. The van der Waals surface area contributed by atoms with Gasteiger partial charge < -0.3 is 20.3 Å². The number of alkyl halides is 3. The highest BCUT2D eigenvalue weighted by Crippen LogP contribution is 2.35. The fourth-order valence-electron chi connectivity index (χ4n) is 1.49. The van der Waals surface area contributed by atoms with Gasteiger partial charge in [-0.1, -0.05) is 0 Å². The summed E-state index contributed by atoms with van der Waals surface area (Å²) in [6, 6.07) is 3.09. The highest BCUT2D eigenvalue weighted by atomic mass is 19.4. The quantitative estimate of drug-likeness (QED) is 0.753. The number of aliphatic hydroxyl groups is 2. The molecular weight excluding hydrogens is 275 g/mol. The first-order valence-electron chi connectivity index (χ1n) is 6.14. The lowest BCUT2D eigenvalue weighted by Crippen LogP contribution is -2.23. The van der Waals surface area contributed by atoms with Crippen LogP contribution in [-0.4, -0.2) is 35.6 Å². The van der Waals surface area contributed by atoms with Crippen molar-refractivity contribution in [2.24, 2.45) is 0 Å². The zero-order valence-corrected chi connectivity index (χ0v) is 11.2. The first-order valence-corrected chi connectivity index (χ1v) is 6.14. The lowest BCUT2D eigenvalue weighted by atomic mass is 10.1. The first-order chi connectivity index (χ1) is 9.24. The molecule has 0 aliphatic heterocycles. The van der Waals surface area contributed by atoms with Crippen molar-refractivity contribution in [1.29, 1.82) is 0 Å². The molecule has 0 radical (unpaired) electrons. The van der Waals surface area contributed by atoms with E-state index < -0.39 is 24.5 Å². The van der Waals surface area contributed by atoms with E-state index >= 15 is 0 Å². The molecule has 1 atom stereocenters. The van der Waals surface area contributed by atoms with Crippen LogP contribution in [-0.2, 0) is 6.18 Å². The molecule has 1 unspecified atom stereocenters. The number of anilines is 1. The summed E-state index contributed by atoms with van der Waals surface area (Å²) in [5, 5.41) is 20.6. The number of hydrogen-bond acceptors (Lipinski definition) is 4. The van der Waals surface area contributed by atoms with Crippen molar-refractivity contribution in [3.05, 3.63) is 23.8 Å². The summed E-state index contributed by atoms with van der Waals surface area (Å²) in [6.07, 6.45) is -5.71. The third kappa shape index (κ3) is 4.90. The molecule has 7 heteroatoms. The molecule has 4 nitrogen and oxygen atoms in total. The zero-order chi connectivity index (χ0) is 15.3. The van der Waals surface area contributed by atoms with E-state index in [0.29, 0.717) is 0 Å². The average Bonchev–Trinajstić information content (AvgIpc) is 2.35. The number of aliphatic hydroxyl groups excluding tert-OH is 2. The van der Waals surface area contributed by atoms with Crippen molar-refractivity contribution in [2.45, 2.75) is 32.2 Å². The third-order valence-electron chi connectivity index (χ3n) is 2.41. The normalized spacial score (nSPS) is 13.4. The second-order valence-corrected chi connectivity index (χ2v) is 4.59. The predicted molar refractivity (Wildman–Crippen MR) is 68.8 cm³/mol. The summed E-state index contributed by atoms with van der Waals surface area (Å²) in [5.74, 6) is 0.262. The van der Waals surface area contributed by atoms with E-state index in [9.17, 15) is 18.3 Å². The highest BCUT2D eigenvalue weighted by Gasteiger charge is 2.31. The van der Waals surface area contributed by atoms with E-state index in [1.165, 1.54) is 6.07 Å². The molecular formula is C13H18F3NO3. The van der Waals surface area contributed by atoms with Crippen molar-refractivity contribution < 1.29 is 28.1 Å². The molecule has 1 rings (SSSR count). The summed E-state index contributed by atoms with van der Waals surface area (Å²) in [4.78, 5) is 0. The summed E-state index contributed by atoms with van der Waals surface area (Å²) in [5.41, 5.74) is -0.685. The minimum Gasteiger partial charge on any atom is -0.489 e. The van der Waals surface area contributed by atoms with E-state index in [1.54, 1.807) is 13.8 Å².